The number of hydrogen-bond donors (Lipinski definition) is 0. The van der Waals surface area contributed by atoms with Gasteiger partial charge in [-0.2, -0.15) is 0 Å². The summed E-state index contributed by atoms with van der Waals surface area (Å²) in [5, 5.41) is 0. The molecule has 0 radical (unpaired) electrons. The molecule has 2 aliphatic rings. The summed E-state index contributed by atoms with van der Waals surface area (Å²) in [6.07, 6.45) is 7.66. The van der Waals surface area contributed by atoms with Gasteiger partial charge in [0.25, 0.3) is 0 Å². The Morgan fingerprint density at radius 2 is 1.62 bits per heavy atom. The smallest absolute Gasteiger partial charge is 0.342 e. The molecule has 0 saturated carbocycles. The number of rotatable bonds is 2. The first-order valence-electron chi connectivity index (χ1n) is 9.36. The fourth-order valence-corrected chi connectivity index (χ4v) is 4.56. The summed E-state index contributed by atoms with van der Waals surface area (Å²) < 4.78 is 2.35. The maximum atomic E-state index is 2.53. The van der Waals surface area contributed by atoms with Gasteiger partial charge >= 0.3 is 6.85 Å². The van der Waals surface area contributed by atoms with Gasteiger partial charge < -0.3 is 9.38 Å². The van der Waals surface area contributed by atoms with E-state index in [2.05, 4.69) is 102 Å². The Labute approximate surface area is 155 Å². The van der Waals surface area contributed by atoms with Crippen molar-refractivity contribution >= 4 is 29.4 Å². The molecule has 3 heteroatoms. The van der Waals surface area contributed by atoms with Crippen LogP contribution in [0.4, 0.5) is 11.4 Å². The van der Waals surface area contributed by atoms with E-state index in [9.17, 15) is 0 Å². The zero-order valence-corrected chi connectivity index (χ0v) is 15.2. The number of hydrogen-bond acceptors (Lipinski definition) is 1. The SMILES string of the molecule is C/C=C\C1=C(CC)B2c3cccn3-c3ccccc3N2c2ccccc21. The molecule has 0 aliphatic carbocycles. The van der Waals surface area contributed by atoms with Gasteiger partial charge in [-0.05, 0) is 49.2 Å². The minimum Gasteiger partial charge on any atom is -0.374 e. The topological polar surface area (TPSA) is 8.17 Å². The fraction of sp³-hybridized carbons (Fsp3) is 0.130. The summed E-state index contributed by atoms with van der Waals surface area (Å²) in [6, 6.07) is 22.0. The van der Waals surface area contributed by atoms with E-state index in [1.54, 1.807) is 0 Å². The highest BCUT2D eigenvalue weighted by Gasteiger charge is 2.42. The van der Waals surface area contributed by atoms with Crippen LogP contribution < -0.4 is 10.4 Å². The Bertz CT molecular complexity index is 1060. The van der Waals surface area contributed by atoms with Crippen molar-refractivity contribution in [3.63, 3.8) is 0 Å². The second-order valence-corrected chi connectivity index (χ2v) is 6.87. The van der Waals surface area contributed by atoms with E-state index in [1.165, 1.54) is 39.3 Å². The van der Waals surface area contributed by atoms with E-state index in [0.29, 0.717) is 0 Å². The second kappa shape index (κ2) is 5.81. The molecule has 3 heterocycles. The van der Waals surface area contributed by atoms with Gasteiger partial charge in [0.05, 0.1) is 11.4 Å². The predicted octanol–water partition coefficient (Wildman–Crippen LogP) is 5.12. The van der Waals surface area contributed by atoms with Crippen molar-refractivity contribution in [3.8, 4) is 5.69 Å². The van der Waals surface area contributed by atoms with Crippen molar-refractivity contribution in [1.29, 1.82) is 0 Å². The van der Waals surface area contributed by atoms with Gasteiger partial charge in [0.2, 0.25) is 0 Å². The second-order valence-electron chi connectivity index (χ2n) is 6.87. The molecule has 2 aliphatic heterocycles. The summed E-state index contributed by atoms with van der Waals surface area (Å²) >= 11 is 0. The average molecular weight is 336 g/mol. The molecule has 3 aromatic rings. The zero-order valence-electron chi connectivity index (χ0n) is 15.2. The van der Waals surface area contributed by atoms with Crippen LogP contribution in [0.3, 0.4) is 0 Å². The number of benzene rings is 2. The first-order valence-corrected chi connectivity index (χ1v) is 9.36. The average Bonchev–Trinajstić information content (AvgIpc) is 3.18. The van der Waals surface area contributed by atoms with E-state index in [4.69, 9.17) is 0 Å². The Balaban J connectivity index is 1.90. The maximum absolute atomic E-state index is 2.53. The Kier molecular flexibility index (Phi) is 3.42. The van der Waals surface area contributed by atoms with Gasteiger partial charge in [0.15, 0.2) is 0 Å². The molecule has 0 atom stereocenters. The summed E-state index contributed by atoms with van der Waals surface area (Å²) in [7, 11) is 0. The summed E-state index contributed by atoms with van der Waals surface area (Å²) in [4.78, 5) is 2.53. The third-order valence-electron chi connectivity index (χ3n) is 5.56. The van der Waals surface area contributed by atoms with E-state index in [0.717, 1.165) is 6.42 Å². The van der Waals surface area contributed by atoms with Gasteiger partial charge in [0.1, 0.15) is 0 Å². The molecule has 5 rings (SSSR count). The van der Waals surface area contributed by atoms with Crippen molar-refractivity contribution in [3.05, 3.63) is 90.0 Å². The van der Waals surface area contributed by atoms with Gasteiger partial charge in [-0.15, -0.1) is 0 Å². The predicted molar refractivity (Wildman–Crippen MR) is 112 cm³/mol. The third kappa shape index (κ3) is 1.94. The highest BCUT2D eigenvalue weighted by atomic mass is 15.2. The molecule has 1 aromatic heterocycles. The van der Waals surface area contributed by atoms with Crippen LogP contribution >= 0.6 is 0 Å². The summed E-state index contributed by atoms with van der Waals surface area (Å²) in [5.74, 6) is 0. The van der Waals surface area contributed by atoms with Crippen molar-refractivity contribution in [2.45, 2.75) is 20.3 Å². The van der Waals surface area contributed by atoms with Gasteiger partial charge in [0, 0.05) is 23.0 Å². The monoisotopic (exact) mass is 336 g/mol. The van der Waals surface area contributed by atoms with Crippen molar-refractivity contribution in [2.24, 2.45) is 0 Å². The van der Waals surface area contributed by atoms with Gasteiger partial charge in [-0.25, -0.2) is 0 Å². The van der Waals surface area contributed by atoms with Crippen molar-refractivity contribution in [2.75, 3.05) is 4.81 Å². The number of anilines is 2. The van der Waals surface area contributed by atoms with Crippen LogP contribution in [-0.4, -0.2) is 11.4 Å². The van der Waals surface area contributed by atoms with E-state index in [-0.39, 0.29) is 6.85 Å². The number of aromatic nitrogens is 1. The number of allylic oxidation sites excluding steroid dienone is 4. The third-order valence-corrected chi connectivity index (χ3v) is 5.56. The van der Waals surface area contributed by atoms with Crippen LogP contribution in [0.25, 0.3) is 11.3 Å². The first-order chi connectivity index (χ1) is 12.8. The Morgan fingerprint density at radius 1 is 0.885 bits per heavy atom. The molecule has 0 bridgehead atoms. The van der Waals surface area contributed by atoms with Crippen molar-refractivity contribution < 1.29 is 0 Å². The summed E-state index contributed by atoms with van der Waals surface area (Å²) in [6.45, 7) is 4.62. The normalized spacial score (nSPS) is 15.0. The molecule has 0 N–H and O–H groups in total. The van der Waals surface area contributed by atoms with Gasteiger partial charge in [-0.1, -0.05) is 54.9 Å². The maximum Gasteiger partial charge on any atom is 0.342 e. The molecule has 26 heavy (non-hydrogen) atoms. The molecule has 0 amide bonds. The molecule has 2 nitrogen and oxygen atoms in total. The lowest BCUT2D eigenvalue weighted by Crippen LogP contribution is -2.55. The van der Waals surface area contributed by atoms with Crippen LogP contribution in [0, 0.1) is 0 Å². The lowest BCUT2D eigenvalue weighted by atomic mass is 9.45. The highest BCUT2D eigenvalue weighted by molar-refractivity contribution is 6.85. The molecule has 0 unspecified atom stereocenters. The number of fused-ring (bicyclic) bond motifs is 8. The van der Waals surface area contributed by atoms with E-state index in [1.807, 2.05) is 0 Å². The summed E-state index contributed by atoms with van der Waals surface area (Å²) in [5.41, 5.74) is 9.35. The molecule has 2 aromatic carbocycles. The lowest BCUT2D eigenvalue weighted by Gasteiger charge is -2.43. The molecular formula is C23H21BN2. The minimum absolute atomic E-state index is 0.242. The van der Waals surface area contributed by atoms with Crippen LogP contribution in [0.5, 0.6) is 0 Å². The van der Waals surface area contributed by atoms with Gasteiger partial charge in [-0.3, -0.25) is 0 Å². The minimum atomic E-state index is 0.242. The van der Waals surface area contributed by atoms with E-state index >= 15 is 0 Å². The standard InChI is InChI=1S/C23H21BN2/c1-3-10-17-18-11-5-6-12-20(18)26-22-14-8-7-13-21(22)25-16-9-15-23(25)24(26)19(17)4-2/h3,5-16H,4H2,1-2H3/b10-3-. The molecular weight excluding hydrogens is 315 g/mol. The van der Waals surface area contributed by atoms with Crippen LogP contribution in [0.2, 0.25) is 0 Å². The molecule has 0 saturated heterocycles. The quantitative estimate of drug-likeness (QED) is 0.590. The lowest BCUT2D eigenvalue weighted by molar-refractivity contribution is 1.06. The van der Waals surface area contributed by atoms with E-state index < -0.39 is 0 Å². The zero-order chi connectivity index (χ0) is 17.7. The van der Waals surface area contributed by atoms with Crippen molar-refractivity contribution in [1.82, 2.24) is 4.57 Å². The molecule has 126 valence electrons. The molecule has 0 spiro atoms. The van der Waals surface area contributed by atoms with Crippen LogP contribution in [0.15, 0.2) is 84.5 Å². The first kappa shape index (κ1) is 15.3. The Hall–Kier alpha value is -2.94. The van der Waals surface area contributed by atoms with Crippen LogP contribution in [-0.2, 0) is 0 Å². The number of para-hydroxylation sites is 3. The number of nitrogens with zero attached hydrogens (tertiary/aromatic N) is 2. The van der Waals surface area contributed by atoms with Crippen LogP contribution in [0.1, 0.15) is 25.8 Å². The largest absolute Gasteiger partial charge is 0.374 e. The Morgan fingerprint density at radius 3 is 2.38 bits per heavy atom. The highest BCUT2D eigenvalue weighted by Crippen LogP contribution is 2.45. The fourth-order valence-electron chi connectivity index (χ4n) is 4.56. The molecule has 0 fully saturated rings.